The fraction of sp³-hybridized carbons (Fsp3) is 0.800. The van der Waals surface area contributed by atoms with Crippen molar-refractivity contribution in [1.29, 1.82) is 0 Å². The third-order valence-electron chi connectivity index (χ3n) is 2.60. The maximum atomic E-state index is 11.9. The third-order valence-corrected chi connectivity index (χ3v) is 6.11. The lowest BCUT2D eigenvalue weighted by Gasteiger charge is -2.33. The first-order valence-corrected chi connectivity index (χ1v) is 8.76. The lowest BCUT2D eigenvalue weighted by Crippen LogP contribution is -2.47. The molecule has 0 aliphatic carbocycles. The minimum absolute atomic E-state index is 0.216. The molecule has 0 saturated carbocycles. The molecular weight excluding hydrogens is 266 g/mol. The number of sulfone groups is 1. The van der Waals surface area contributed by atoms with Crippen molar-refractivity contribution < 1.29 is 8.42 Å². The molecule has 1 unspecified atom stereocenters. The van der Waals surface area contributed by atoms with Crippen LogP contribution in [0.15, 0.2) is 12.2 Å². The molecule has 0 bridgehead atoms. The molecule has 0 aromatic heterocycles. The highest BCUT2D eigenvalue weighted by atomic mass is 35.5. The Bertz CT molecular complexity index is 330. The van der Waals surface area contributed by atoms with Crippen molar-refractivity contribution in [2.24, 2.45) is 0 Å². The zero-order valence-electron chi connectivity index (χ0n) is 9.43. The molecule has 0 N–H and O–H groups in total. The van der Waals surface area contributed by atoms with E-state index in [1.54, 1.807) is 18.7 Å². The van der Waals surface area contributed by atoms with Gasteiger partial charge in [0.1, 0.15) is 5.37 Å². The summed E-state index contributed by atoms with van der Waals surface area (Å²) >= 11 is 7.26. The molecule has 0 aromatic carbocycles. The van der Waals surface area contributed by atoms with Crippen molar-refractivity contribution in [3.05, 3.63) is 12.2 Å². The summed E-state index contributed by atoms with van der Waals surface area (Å²) in [6.45, 7) is 3.22. The highest BCUT2D eigenvalue weighted by Gasteiger charge is 2.31. The number of alkyl halides is 1. The van der Waals surface area contributed by atoms with Gasteiger partial charge in [0, 0.05) is 36.2 Å². The van der Waals surface area contributed by atoms with Gasteiger partial charge in [-0.05, 0) is 0 Å². The van der Waals surface area contributed by atoms with Crippen molar-refractivity contribution in [2.45, 2.75) is 12.3 Å². The van der Waals surface area contributed by atoms with Crippen LogP contribution < -0.4 is 0 Å². The molecule has 3 nitrogen and oxygen atoms in total. The minimum atomic E-state index is -2.97. The van der Waals surface area contributed by atoms with E-state index in [1.807, 2.05) is 17.1 Å². The minimum Gasteiger partial charge on any atom is -0.282 e. The first-order valence-electron chi connectivity index (χ1n) is 5.36. The van der Waals surface area contributed by atoms with Crippen LogP contribution in [-0.4, -0.2) is 54.9 Å². The van der Waals surface area contributed by atoms with Crippen LogP contribution in [0.5, 0.6) is 0 Å². The predicted octanol–water partition coefficient (Wildman–Crippen LogP) is 1.59. The van der Waals surface area contributed by atoms with Crippen LogP contribution in [0.25, 0.3) is 0 Å². The van der Waals surface area contributed by atoms with E-state index in [-0.39, 0.29) is 11.1 Å². The number of nitrogens with zero attached hydrogens (tertiary/aromatic N) is 1. The van der Waals surface area contributed by atoms with Crippen LogP contribution in [0.3, 0.4) is 0 Å². The Kier molecular flexibility index (Phi) is 6.18. The summed E-state index contributed by atoms with van der Waals surface area (Å²) in [5, 5.41) is -0.323. The van der Waals surface area contributed by atoms with Crippen molar-refractivity contribution in [2.75, 3.05) is 36.2 Å². The molecule has 0 amide bonds. The monoisotopic (exact) mass is 283 g/mol. The van der Waals surface area contributed by atoms with Crippen LogP contribution in [-0.2, 0) is 9.84 Å². The number of halogens is 1. The average Bonchev–Trinajstić information content (AvgIpc) is 2.30. The summed E-state index contributed by atoms with van der Waals surface area (Å²) in [5.74, 6) is 2.39. The number of hydrogen-bond acceptors (Lipinski definition) is 4. The van der Waals surface area contributed by atoms with Gasteiger partial charge in [0.2, 0.25) is 0 Å². The Balaban J connectivity index is 2.68. The van der Waals surface area contributed by atoms with Crippen molar-refractivity contribution >= 4 is 33.2 Å². The third kappa shape index (κ3) is 3.95. The lowest BCUT2D eigenvalue weighted by atomic mass is 10.4. The Morgan fingerprint density at radius 3 is 2.88 bits per heavy atom. The van der Waals surface area contributed by atoms with Crippen LogP contribution in [0.2, 0.25) is 0 Å². The molecule has 1 aliphatic heterocycles. The van der Waals surface area contributed by atoms with Gasteiger partial charge in [0.25, 0.3) is 0 Å². The summed E-state index contributed by atoms with van der Waals surface area (Å²) in [5.41, 5.74) is 0. The summed E-state index contributed by atoms with van der Waals surface area (Å²) in [7, 11) is -2.97. The molecule has 1 heterocycles. The molecule has 0 aromatic rings. The summed E-state index contributed by atoms with van der Waals surface area (Å²) in [4.78, 5) is 2.03. The van der Waals surface area contributed by atoms with E-state index < -0.39 is 9.84 Å². The number of rotatable bonds is 5. The van der Waals surface area contributed by atoms with Gasteiger partial charge in [0.15, 0.2) is 9.84 Å². The van der Waals surface area contributed by atoms with E-state index in [2.05, 4.69) is 0 Å². The average molecular weight is 284 g/mol. The van der Waals surface area contributed by atoms with Gasteiger partial charge in [-0.25, -0.2) is 8.42 Å². The molecule has 6 heteroatoms. The molecule has 1 aliphatic rings. The predicted molar refractivity (Wildman–Crippen MR) is 72.0 cm³/mol. The van der Waals surface area contributed by atoms with Crippen molar-refractivity contribution in [3.8, 4) is 0 Å². The second-order valence-electron chi connectivity index (χ2n) is 3.60. The van der Waals surface area contributed by atoms with E-state index in [1.165, 1.54) is 0 Å². The fourth-order valence-electron chi connectivity index (χ4n) is 1.62. The summed E-state index contributed by atoms with van der Waals surface area (Å²) in [6, 6.07) is 0. The van der Waals surface area contributed by atoms with Crippen LogP contribution in [0.1, 0.15) is 6.92 Å². The van der Waals surface area contributed by atoms with E-state index in [9.17, 15) is 8.42 Å². The topological polar surface area (TPSA) is 37.4 Å². The summed E-state index contributed by atoms with van der Waals surface area (Å²) in [6.07, 6.45) is 3.81. The molecule has 0 radical (unpaired) electrons. The molecule has 1 fully saturated rings. The second kappa shape index (κ2) is 6.89. The molecule has 1 saturated heterocycles. The van der Waals surface area contributed by atoms with Crippen LogP contribution in [0.4, 0.5) is 0 Å². The van der Waals surface area contributed by atoms with Gasteiger partial charge >= 0.3 is 0 Å². The summed E-state index contributed by atoms with van der Waals surface area (Å²) < 4.78 is 23.8. The van der Waals surface area contributed by atoms with Crippen molar-refractivity contribution in [1.82, 2.24) is 4.90 Å². The van der Waals surface area contributed by atoms with Gasteiger partial charge < -0.3 is 0 Å². The first-order chi connectivity index (χ1) is 7.61. The number of thioether (sulfide) groups is 1. The Hall–Kier alpha value is 0.290. The normalized spacial score (nSPS) is 24.0. The van der Waals surface area contributed by atoms with E-state index in [0.29, 0.717) is 18.2 Å². The Morgan fingerprint density at radius 2 is 2.25 bits per heavy atom. The fourth-order valence-corrected chi connectivity index (χ4v) is 4.84. The first kappa shape index (κ1) is 14.4. The van der Waals surface area contributed by atoms with Gasteiger partial charge in [-0.3, -0.25) is 4.90 Å². The molecule has 94 valence electrons. The van der Waals surface area contributed by atoms with E-state index in [0.717, 1.165) is 12.3 Å². The maximum absolute atomic E-state index is 11.9. The van der Waals surface area contributed by atoms with Crippen LogP contribution in [0, 0.1) is 0 Å². The number of allylic oxidation sites excluding steroid dienone is 1. The smallest absolute Gasteiger partial charge is 0.166 e. The lowest BCUT2D eigenvalue weighted by molar-refractivity contribution is 0.298. The van der Waals surface area contributed by atoms with Crippen LogP contribution >= 0.6 is 23.4 Å². The largest absolute Gasteiger partial charge is 0.282 e. The molecular formula is C10H18ClNO2S2. The number of hydrogen-bond donors (Lipinski definition) is 0. The Morgan fingerprint density at radius 1 is 1.50 bits per heavy atom. The highest BCUT2D eigenvalue weighted by molar-refractivity contribution is 8.01. The van der Waals surface area contributed by atoms with Gasteiger partial charge in [-0.2, -0.15) is 11.8 Å². The van der Waals surface area contributed by atoms with Gasteiger partial charge in [-0.1, -0.05) is 19.1 Å². The standard InChI is InChI=1S/C10H18ClNO2S2/c1-2-16(13,14)10-9-15-8-7-12(10)6-4-3-5-11/h3-4,10H,2,5-9H2,1H3. The van der Waals surface area contributed by atoms with Gasteiger partial charge in [0.05, 0.1) is 0 Å². The zero-order chi connectivity index (χ0) is 12.0. The van der Waals surface area contributed by atoms with Gasteiger partial charge in [-0.15, -0.1) is 11.6 Å². The SMILES string of the molecule is CCS(=O)(=O)C1CSCCN1CC=CCCl. The Labute approximate surface area is 107 Å². The molecule has 1 atom stereocenters. The van der Waals surface area contributed by atoms with E-state index >= 15 is 0 Å². The second-order valence-corrected chi connectivity index (χ2v) is 7.51. The quantitative estimate of drug-likeness (QED) is 0.567. The van der Waals surface area contributed by atoms with E-state index in [4.69, 9.17) is 11.6 Å². The maximum Gasteiger partial charge on any atom is 0.166 e. The zero-order valence-corrected chi connectivity index (χ0v) is 11.8. The van der Waals surface area contributed by atoms with Crippen molar-refractivity contribution in [3.63, 3.8) is 0 Å². The molecule has 0 spiro atoms. The highest BCUT2D eigenvalue weighted by Crippen LogP contribution is 2.21. The molecule has 16 heavy (non-hydrogen) atoms. The molecule has 1 rings (SSSR count).